The first kappa shape index (κ1) is 21.2. The van der Waals surface area contributed by atoms with Crippen LogP contribution >= 0.6 is 23.1 Å². The predicted octanol–water partition coefficient (Wildman–Crippen LogP) is 4.48. The van der Waals surface area contributed by atoms with Crippen molar-refractivity contribution in [1.29, 1.82) is 0 Å². The second-order valence-electron chi connectivity index (χ2n) is 6.95. The Bertz CT molecular complexity index is 1180. The molecule has 1 unspecified atom stereocenters. The lowest BCUT2D eigenvalue weighted by atomic mass is 10.1. The largest absolute Gasteiger partial charge is 0.344 e. The summed E-state index contributed by atoms with van der Waals surface area (Å²) < 4.78 is 15.0. The number of rotatable bonds is 7. The van der Waals surface area contributed by atoms with Crippen molar-refractivity contribution in [3.8, 4) is 5.69 Å². The SMILES string of the molecule is Cc1cccc(-n2nnnc2SCC(=O)NC(c2ccc(F)cc2)c2cccs2)c1C. The summed E-state index contributed by atoms with van der Waals surface area (Å²) in [7, 11) is 0. The quantitative estimate of drug-likeness (QED) is 0.418. The van der Waals surface area contributed by atoms with E-state index in [2.05, 4.69) is 20.8 Å². The second kappa shape index (κ2) is 9.40. The molecule has 1 atom stereocenters. The molecule has 31 heavy (non-hydrogen) atoms. The van der Waals surface area contributed by atoms with Gasteiger partial charge >= 0.3 is 0 Å². The van der Waals surface area contributed by atoms with E-state index in [1.807, 2.05) is 49.6 Å². The highest BCUT2D eigenvalue weighted by Crippen LogP contribution is 2.27. The average Bonchev–Trinajstić information content (AvgIpc) is 3.45. The number of benzene rings is 2. The van der Waals surface area contributed by atoms with Gasteiger partial charge in [0.15, 0.2) is 0 Å². The third kappa shape index (κ3) is 4.83. The Morgan fingerprint density at radius 3 is 2.71 bits per heavy atom. The molecular formula is C22H20FN5OS2. The van der Waals surface area contributed by atoms with E-state index in [0.717, 1.165) is 27.3 Å². The van der Waals surface area contributed by atoms with Crippen LogP contribution in [0.25, 0.3) is 5.69 Å². The highest BCUT2D eigenvalue weighted by molar-refractivity contribution is 7.99. The van der Waals surface area contributed by atoms with E-state index in [1.54, 1.807) is 16.8 Å². The molecule has 0 spiro atoms. The molecule has 0 aliphatic carbocycles. The minimum atomic E-state index is -0.344. The van der Waals surface area contributed by atoms with Gasteiger partial charge in [0.05, 0.1) is 17.5 Å². The van der Waals surface area contributed by atoms with Crippen LogP contribution in [0.15, 0.2) is 65.1 Å². The van der Waals surface area contributed by atoms with Crippen LogP contribution in [0.4, 0.5) is 4.39 Å². The molecule has 158 valence electrons. The molecule has 4 aromatic rings. The Morgan fingerprint density at radius 2 is 1.97 bits per heavy atom. The van der Waals surface area contributed by atoms with Gasteiger partial charge in [0.2, 0.25) is 11.1 Å². The molecule has 4 rings (SSSR count). The lowest BCUT2D eigenvalue weighted by molar-refractivity contribution is -0.119. The topological polar surface area (TPSA) is 72.7 Å². The zero-order valence-electron chi connectivity index (χ0n) is 16.9. The summed E-state index contributed by atoms with van der Waals surface area (Å²) in [5.74, 6) is -0.328. The zero-order valence-corrected chi connectivity index (χ0v) is 18.6. The van der Waals surface area contributed by atoms with Gasteiger partial charge in [-0.25, -0.2) is 4.39 Å². The summed E-state index contributed by atoms with van der Waals surface area (Å²) in [6.07, 6.45) is 0. The number of thioether (sulfide) groups is 1. The highest BCUT2D eigenvalue weighted by atomic mass is 32.2. The summed E-state index contributed by atoms with van der Waals surface area (Å²) in [6.45, 7) is 4.05. The summed E-state index contributed by atoms with van der Waals surface area (Å²) in [5, 5.41) is 17.5. The van der Waals surface area contributed by atoms with E-state index >= 15 is 0 Å². The van der Waals surface area contributed by atoms with Gasteiger partial charge in [-0.15, -0.1) is 16.4 Å². The van der Waals surface area contributed by atoms with Crippen molar-refractivity contribution in [2.75, 3.05) is 5.75 Å². The van der Waals surface area contributed by atoms with Crippen molar-refractivity contribution >= 4 is 29.0 Å². The highest BCUT2D eigenvalue weighted by Gasteiger charge is 2.19. The van der Waals surface area contributed by atoms with Crippen LogP contribution in [0, 0.1) is 19.7 Å². The van der Waals surface area contributed by atoms with Gasteiger partial charge < -0.3 is 5.32 Å². The Morgan fingerprint density at radius 1 is 1.16 bits per heavy atom. The van der Waals surface area contributed by atoms with E-state index in [0.29, 0.717) is 5.16 Å². The minimum absolute atomic E-state index is 0.147. The summed E-state index contributed by atoms with van der Waals surface area (Å²) in [6, 6.07) is 15.6. The number of hydrogen-bond donors (Lipinski definition) is 1. The molecule has 0 radical (unpaired) electrons. The van der Waals surface area contributed by atoms with E-state index in [-0.39, 0.29) is 23.5 Å². The summed E-state index contributed by atoms with van der Waals surface area (Å²) in [4.78, 5) is 13.8. The molecule has 0 fully saturated rings. The number of nitrogens with one attached hydrogen (secondary N) is 1. The number of aryl methyl sites for hydroxylation is 1. The molecule has 2 heterocycles. The predicted molar refractivity (Wildman–Crippen MR) is 120 cm³/mol. The maximum atomic E-state index is 13.4. The molecule has 2 aromatic heterocycles. The first-order chi connectivity index (χ1) is 15.0. The first-order valence-electron chi connectivity index (χ1n) is 9.59. The molecule has 1 amide bonds. The maximum Gasteiger partial charge on any atom is 0.231 e. The van der Waals surface area contributed by atoms with E-state index in [4.69, 9.17) is 0 Å². The first-order valence-corrected chi connectivity index (χ1v) is 11.5. The standard InChI is InChI=1S/C22H20FN5OS2/c1-14-5-3-6-18(15(14)2)28-22(25-26-27-28)31-13-20(29)24-21(19-7-4-12-30-19)16-8-10-17(23)11-9-16/h3-12,21H,13H2,1-2H3,(H,24,29). The molecule has 2 aromatic carbocycles. The van der Waals surface area contributed by atoms with Gasteiger partial charge in [-0.2, -0.15) is 4.68 Å². The second-order valence-corrected chi connectivity index (χ2v) is 8.87. The van der Waals surface area contributed by atoms with Crippen LogP contribution in [0.3, 0.4) is 0 Å². The minimum Gasteiger partial charge on any atom is -0.344 e. The van der Waals surface area contributed by atoms with Crippen molar-refractivity contribution in [1.82, 2.24) is 25.5 Å². The molecule has 0 saturated heterocycles. The number of carbonyl (C=O) groups is 1. The number of hydrogen-bond acceptors (Lipinski definition) is 6. The van der Waals surface area contributed by atoms with Crippen LogP contribution in [0.1, 0.15) is 27.6 Å². The molecule has 9 heteroatoms. The summed E-state index contributed by atoms with van der Waals surface area (Å²) in [5.41, 5.74) is 3.92. The normalized spacial score (nSPS) is 12.0. The van der Waals surface area contributed by atoms with Crippen molar-refractivity contribution in [3.05, 3.63) is 87.4 Å². The number of carbonyl (C=O) groups excluding carboxylic acids is 1. The Kier molecular flexibility index (Phi) is 6.43. The number of halogens is 1. The third-order valence-electron chi connectivity index (χ3n) is 4.91. The van der Waals surface area contributed by atoms with Gasteiger partial charge in [-0.05, 0) is 70.6 Å². The number of nitrogens with zero attached hydrogens (tertiary/aromatic N) is 4. The zero-order chi connectivity index (χ0) is 21.8. The molecule has 0 aliphatic heterocycles. The number of amides is 1. The van der Waals surface area contributed by atoms with Gasteiger partial charge in [0.25, 0.3) is 0 Å². The maximum absolute atomic E-state index is 13.4. The van der Waals surface area contributed by atoms with Crippen molar-refractivity contribution in [2.45, 2.75) is 25.0 Å². The van der Waals surface area contributed by atoms with Crippen LogP contribution in [-0.4, -0.2) is 31.9 Å². The lowest BCUT2D eigenvalue weighted by Crippen LogP contribution is -2.30. The molecular weight excluding hydrogens is 433 g/mol. The van der Waals surface area contributed by atoms with Gasteiger partial charge in [0.1, 0.15) is 5.82 Å². The smallest absolute Gasteiger partial charge is 0.231 e. The van der Waals surface area contributed by atoms with Gasteiger partial charge in [-0.1, -0.05) is 42.1 Å². The monoisotopic (exact) mass is 453 g/mol. The number of aromatic nitrogens is 4. The van der Waals surface area contributed by atoms with Crippen LogP contribution in [0.2, 0.25) is 0 Å². The number of thiophene rings is 1. The van der Waals surface area contributed by atoms with Crippen molar-refractivity contribution in [2.24, 2.45) is 0 Å². The summed E-state index contributed by atoms with van der Waals surface area (Å²) >= 11 is 2.81. The fourth-order valence-corrected chi connectivity index (χ4v) is 4.64. The molecule has 1 N–H and O–H groups in total. The fraction of sp³-hybridized carbons (Fsp3) is 0.182. The Hall–Kier alpha value is -3.04. The van der Waals surface area contributed by atoms with Crippen molar-refractivity contribution < 1.29 is 9.18 Å². The van der Waals surface area contributed by atoms with Crippen LogP contribution in [0.5, 0.6) is 0 Å². The van der Waals surface area contributed by atoms with E-state index in [9.17, 15) is 9.18 Å². The molecule has 0 bridgehead atoms. The fourth-order valence-electron chi connectivity index (χ4n) is 3.15. The van der Waals surface area contributed by atoms with Crippen molar-refractivity contribution in [3.63, 3.8) is 0 Å². The van der Waals surface area contributed by atoms with Crippen LogP contribution in [-0.2, 0) is 4.79 Å². The lowest BCUT2D eigenvalue weighted by Gasteiger charge is -2.18. The van der Waals surface area contributed by atoms with E-state index < -0.39 is 0 Å². The van der Waals surface area contributed by atoms with Crippen LogP contribution < -0.4 is 5.32 Å². The Labute approximate surface area is 187 Å². The molecule has 0 saturated carbocycles. The average molecular weight is 454 g/mol. The van der Waals surface area contributed by atoms with E-state index in [1.165, 1.54) is 35.2 Å². The number of tetrazole rings is 1. The third-order valence-corrected chi connectivity index (χ3v) is 6.77. The molecule has 6 nitrogen and oxygen atoms in total. The Balaban J connectivity index is 1.48. The van der Waals surface area contributed by atoms with Gasteiger partial charge in [0, 0.05) is 4.88 Å². The molecule has 0 aliphatic rings. The van der Waals surface area contributed by atoms with Gasteiger partial charge in [-0.3, -0.25) is 4.79 Å².